The SMILES string of the molecule is CCN(CC)C(=O)C(C)Nc1ccc(N)c2ccncc12. The molecule has 0 saturated heterocycles. The van der Waals surface area contributed by atoms with Gasteiger partial charge in [0.1, 0.15) is 6.04 Å². The highest BCUT2D eigenvalue weighted by Gasteiger charge is 2.18. The molecule has 0 spiro atoms. The van der Waals surface area contributed by atoms with Crippen LogP contribution in [0.4, 0.5) is 11.4 Å². The lowest BCUT2D eigenvalue weighted by Crippen LogP contribution is -2.41. The predicted octanol–water partition coefficient (Wildman–Crippen LogP) is 2.49. The van der Waals surface area contributed by atoms with Crippen LogP contribution in [0.3, 0.4) is 0 Å². The molecule has 3 N–H and O–H groups in total. The maximum absolute atomic E-state index is 12.3. The van der Waals surface area contributed by atoms with Crippen molar-refractivity contribution in [1.29, 1.82) is 0 Å². The number of amides is 1. The number of nitrogens with one attached hydrogen (secondary N) is 1. The summed E-state index contributed by atoms with van der Waals surface area (Å²) in [6.07, 6.45) is 3.48. The maximum Gasteiger partial charge on any atom is 0.244 e. The number of carbonyl (C=O) groups excluding carboxylic acids is 1. The van der Waals surface area contributed by atoms with E-state index in [4.69, 9.17) is 5.73 Å². The highest BCUT2D eigenvalue weighted by Crippen LogP contribution is 2.27. The zero-order valence-corrected chi connectivity index (χ0v) is 12.8. The Kier molecular flexibility index (Phi) is 4.62. The molecular formula is C16H22N4O. The minimum absolute atomic E-state index is 0.0915. The van der Waals surface area contributed by atoms with Gasteiger partial charge < -0.3 is 16.0 Å². The van der Waals surface area contributed by atoms with Crippen molar-refractivity contribution in [3.8, 4) is 0 Å². The van der Waals surface area contributed by atoms with Crippen molar-refractivity contribution in [3.05, 3.63) is 30.6 Å². The van der Waals surface area contributed by atoms with Crippen LogP contribution in [0.1, 0.15) is 20.8 Å². The van der Waals surface area contributed by atoms with Crippen molar-refractivity contribution < 1.29 is 4.79 Å². The summed E-state index contributed by atoms with van der Waals surface area (Å²) in [6, 6.07) is 5.33. The lowest BCUT2D eigenvalue weighted by atomic mass is 10.1. The number of nitrogens with two attached hydrogens (primary N) is 1. The first-order valence-corrected chi connectivity index (χ1v) is 7.26. The molecule has 2 rings (SSSR count). The number of benzene rings is 1. The van der Waals surface area contributed by atoms with E-state index < -0.39 is 0 Å². The van der Waals surface area contributed by atoms with E-state index in [9.17, 15) is 4.79 Å². The molecule has 5 nitrogen and oxygen atoms in total. The van der Waals surface area contributed by atoms with E-state index >= 15 is 0 Å². The molecule has 1 amide bonds. The Balaban J connectivity index is 2.28. The summed E-state index contributed by atoms with van der Waals surface area (Å²) in [5.41, 5.74) is 7.56. The Labute approximate surface area is 125 Å². The number of carbonyl (C=O) groups is 1. The van der Waals surface area contributed by atoms with Gasteiger partial charge >= 0.3 is 0 Å². The van der Waals surface area contributed by atoms with E-state index in [-0.39, 0.29) is 11.9 Å². The summed E-state index contributed by atoms with van der Waals surface area (Å²) in [5.74, 6) is 0.0915. The lowest BCUT2D eigenvalue weighted by Gasteiger charge is -2.24. The second kappa shape index (κ2) is 6.43. The van der Waals surface area contributed by atoms with Gasteiger partial charge in [0.15, 0.2) is 0 Å². The molecule has 5 heteroatoms. The predicted molar refractivity (Wildman–Crippen MR) is 87.2 cm³/mol. The number of aromatic nitrogens is 1. The van der Waals surface area contributed by atoms with E-state index in [0.29, 0.717) is 18.8 Å². The van der Waals surface area contributed by atoms with Crippen molar-refractivity contribution >= 4 is 28.1 Å². The van der Waals surface area contributed by atoms with Crippen LogP contribution >= 0.6 is 0 Å². The van der Waals surface area contributed by atoms with Crippen molar-refractivity contribution in [2.24, 2.45) is 0 Å². The zero-order chi connectivity index (χ0) is 15.4. The van der Waals surface area contributed by atoms with Crippen LogP contribution in [-0.4, -0.2) is 34.9 Å². The number of anilines is 2. The average molecular weight is 286 g/mol. The van der Waals surface area contributed by atoms with Crippen molar-refractivity contribution in [2.75, 3.05) is 24.1 Å². The molecule has 2 aromatic rings. The normalized spacial score (nSPS) is 12.1. The first-order valence-electron chi connectivity index (χ1n) is 7.26. The molecule has 0 radical (unpaired) electrons. The monoisotopic (exact) mass is 286 g/mol. The molecule has 1 unspecified atom stereocenters. The number of likely N-dealkylation sites (N-methyl/N-ethyl adjacent to an activating group) is 1. The first-order chi connectivity index (χ1) is 10.1. The third kappa shape index (κ3) is 3.07. The highest BCUT2D eigenvalue weighted by molar-refractivity contribution is 6.01. The van der Waals surface area contributed by atoms with E-state index in [0.717, 1.165) is 16.5 Å². The summed E-state index contributed by atoms with van der Waals surface area (Å²) < 4.78 is 0. The number of hydrogen-bond donors (Lipinski definition) is 2. The van der Waals surface area contributed by atoms with E-state index in [1.807, 2.05) is 43.9 Å². The van der Waals surface area contributed by atoms with Gasteiger partial charge in [-0.05, 0) is 39.0 Å². The minimum atomic E-state index is -0.295. The Hall–Kier alpha value is -2.30. The van der Waals surface area contributed by atoms with Crippen LogP contribution in [0.15, 0.2) is 30.6 Å². The maximum atomic E-state index is 12.3. The Morgan fingerprint density at radius 2 is 2.00 bits per heavy atom. The molecular weight excluding hydrogens is 264 g/mol. The fraction of sp³-hybridized carbons (Fsp3) is 0.375. The molecule has 1 heterocycles. The third-order valence-electron chi connectivity index (χ3n) is 3.67. The fourth-order valence-corrected chi connectivity index (χ4v) is 2.44. The summed E-state index contributed by atoms with van der Waals surface area (Å²) in [5, 5.41) is 5.14. The molecule has 1 aromatic carbocycles. The van der Waals surface area contributed by atoms with Gasteiger partial charge in [0.2, 0.25) is 5.91 Å². The molecule has 1 aromatic heterocycles. The van der Waals surface area contributed by atoms with Gasteiger partial charge in [-0.3, -0.25) is 9.78 Å². The molecule has 21 heavy (non-hydrogen) atoms. The minimum Gasteiger partial charge on any atom is -0.398 e. The number of nitrogens with zero attached hydrogens (tertiary/aromatic N) is 2. The standard InChI is InChI=1S/C16H22N4O/c1-4-20(5-2)16(21)11(3)19-15-7-6-14(17)12-8-9-18-10-13(12)15/h6-11,19H,4-5,17H2,1-3H3. The Bertz CT molecular complexity index is 637. The second-order valence-electron chi connectivity index (χ2n) is 5.00. The van der Waals surface area contributed by atoms with Gasteiger partial charge in [-0.25, -0.2) is 0 Å². The Morgan fingerprint density at radius 3 is 2.67 bits per heavy atom. The first kappa shape index (κ1) is 15.1. The smallest absolute Gasteiger partial charge is 0.244 e. The number of pyridine rings is 1. The van der Waals surface area contributed by atoms with E-state index in [1.54, 1.807) is 12.4 Å². The largest absolute Gasteiger partial charge is 0.398 e. The number of fused-ring (bicyclic) bond motifs is 1. The average Bonchev–Trinajstić information content (AvgIpc) is 2.51. The number of hydrogen-bond acceptors (Lipinski definition) is 4. The van der Waals surface area contributed by atoms with Gasteiger partial charge in [0.25, 0.3) is 0 Å². The van der Waals surface area contributed by atoms with E-state index in [1.165, 1.54) is 0 Å². The van der Waals surface area contributed by atoms with Crippen LogP contribution in [0.25, 0.3) is 10.8 Å². The quantitative estimate of drug-likeness (QED) is 0.828. The number of nitrogen functional groups attached to an aromatic ring is 1. The Morgan fingerprint density at radius 1 is 1.29 bits per heavy atom. The molecule has 1 atom stereocenters. The fourth-order valence-electron chi connectivity index (χ4n) is 2.44. The van der Waals surface area contributed by atoms with Gasteiger partial charge in [-0.15, -0.1) is 0 Å². The molecule has 0 aliphatic rings. The summed E-state index contributed by atoms with van der Waals surface area (Å²) in [6.45, 7) is 7.27. The van der Waals surface area contributed by atoms with Crippen LogP contribution in [0.5, 0.6) is 0 Å². The summed E-state index contributed by atoms with van der Waals surface area (Å²) >= 11 is 0. The molecule has 0 aliphatic heterocycles. The number of rotatable bonds is 5. The topological polar surface area (TPSA) is 71.2 Å². The van der Waals surface area contributed by atoms with Gasteiger partial charge in [-0.2, -0.15) is 0 Å². The van der Waals surface area contributed by atoms with Crippen LogP contribution < -0.4 is 11.1 Å². The highest BCUT2D eigenvalue weighted by atomic mass is 16.2. The van der Waals surface area contributed by atoms with Gasteiger partial charge in [0.05, 0.1) is 0 Å². The van der Waals surface area contributed by atoms with Gasteiger partial charge in [-0.1, -0.05) is 0 Å². The van der Waals surface area contributed by atoms with Gasteiger partial charge in [0, 0.05) is 47.6 Å². The third-order valence-corrected chi connectivity index (χ3v) is 3.67. The van der Waals surface area contributed by atoms with Crippen molar-refractivity contribution in [3.63, 3.8) is 0 Å². The summed E-state index contributed by atoms with van der Waals surface area (Å²) in [7, 11) is 0. The molecule has 0 bridgehead atoms. The van der Waals surface area contributed by atoms with Crippen LogP contribution in [0, 0.1) is 0 Å². The molecule has 0 fully saturated rings. The molecule has 0 aliphatic carbocycles. The molecule has 0 saturated carbocycles. The van der Waals surface area contributed by atoms with Crippen molar-refractivity contribution in [1.82, 2.24) is 9.88 Å². The zero-order valence-electron chi connectivity index (χ0n) is 12.8. The second-order valence-corrected chi connectivity index (χ2v) is 5.00. The summed E-state index contributed by atoms with van der Waals surface area (Å²) in [4.78, 5) is 18.3. The molecule has 112 valence electrons. The van der Waals surface area contributed by atoms with Crippen molar-refractivity contribution in [2.45, 2.75) is 26.8 Å². The van der Waals surface area contributed by atoms with Crippen LogP contribution in [-0.2, 0) is 4.79 Å². The van der Waals surface area contributed by atoms with Crippen LogP contribution in [0.2, 0.25) is 0 Å². The van der Waals surface area contributed by atoms with E-state index in [2.05, 4.69) is 10.3 Å². The lowest BCUT2D eigenvalue weighted by molar-refractivity contribution is -0.131.